The Balaban J connectivity index is 1.88. The summed E-state index contributed by atoms with van der Waals surface area (Å²) in [5, 5.41) is 6.36. The smallest absolute Gasteiger partial charge is 0.131 e. The number of nitrogens with one attached hydrogen (secondary N) is 2. The van der Waals surface area contributed by atoms with Gasteiger partial charge in [0.05, 0.1) is 18.8 Å². The van der Waals surface area contributed by atoms with E-state index in [0.29, 0.717) is 19.7 Å². The number of methoxy groups -OCH3 is 1. The second-order valence-electron chi connectivity index (χ2n) is 3.88. The van der Waals surface area contributed by atoms with Crippen LogP contribution in [0.3, 0.4) is 0 Å². The van der Waals surface area contributed by atoms with Gasteiger partial charge in [-0.15, -0.1) is 0 Å². The van der Waals surface area contributed by atoms with E-state index in [2.05, 4.69) is 25.6 Å². The molecule has 0 amide bonds. The summed E-state index contributed by atoms with van der Waals surface area (Å²) in [4.78, 5) is 12.5. The molecule has 0 saturated heterocycles. The molecule has 0 unspecified atom stereocenters. The second-order valence-corrected chi connectivity index (χ2v) is 3.88. The van der Waals surface area contributed by atoms with E-state index in [1.165, 1.54) is 6.33 Å². The third kappa shape index (κ3) is 4.51. The zero-order valence-electron chi connectivity index (χ0n) is 10.8. The summed E-state index contributed by atoms with van der Waals surface area (Å²) in [5.41, 5.74) is 0.968. The number of aromatic nitrogens is 3. The van der Waals surface area contributed by atoms with Crippen LogP contribution in [0.2, 0.25) is 0 Å². The third-order valence-electron chi connectivity index (χ3n) is 2.46. The lowest BCUT2D eigenvalue weighted by Crippen LogP contribution is -2.10. The minimum Gasteiger partial charge on any atom is -0.383 e. The van der Waals surface area contributed by atoms with Crippen LogP contribution in [-0.2, 0) is 11.3 Å². The summed E-state index contributed by atoms with van der Waals surface area (Å²) in [6.45, 7) is 1.99. The van der Waals surface area contributed by atoms with Crippen LogP contribution in [-0.4, -0.2) is 35.2 Å². The van der Waals surface area contributed by atoms with Crippen LogP contribution in [0, 0.1) is 0 Å². The van der Waals surface area contributed by atoms with E-state index < -0.39 is 0 Å². The van der Waals surface area contributed by atoms with Gasteiger partial charge in [0.15, 0.2) is 0 Å². The molecule has 0 aliphatic heterocycles. The van der Waals surface area contributed by atoms with E-state index in [0.717, 1.165) is 17.3 Å². The van der Waals surface area contributed by atoms with Crippen molar-refractivity contribution in [2.75, 3.05) is 30.9 Å². The first kappa shape index (κ1) is 13.2. The van der Waals surface area contributed by atoms with Gasteiger partial charge in [0.2, 0.25) is 0 Å². The molecule has 0 saturated carbocycles. The molecule has 2 aromatic heterocycles. The van der Waals surface area contributed by atoms with Crippen molar-refractivity contribution in [2.24, 2.45) is 0 Å². The molecule has 2 rings (SSSR count). The number of nitrogens with zero attached hydrogens (tertiary/aromatic N) is 3. The molecular weight excluding hydrogens is 242 g/mol. The van der Waals surface area contributed by atoms with Crippen molar-refractivity contribution in [3.63, 3.8) is 0 Å². The third-order valence-corrected chi connectivity index (χ3v) is 2.46. The summed E-state index contributed by atoms with van der Waals surface area (Å²) in [5.74, 6) is 1.54. The highest BCUT2D eigenvalue weighted by Gasteiger charge is 1.99. The van der Waals surface area contributed by atoms with Gasteiger partial charge >= 0.3 is 0 Å². The van der Waals surface area contributed by atoms with Crippen molar-refractivity contribution in [1.29, 1.82) is 0 Å². The van der Waals surface area contributed by atoms with Gasteiger partial charge in [-0.3, -0.25) is 4.98 Å². The lowest BCUT2D eigenvalue weighted by atomic mass is 10.3. The summed E-state index contributed by atoms with van der Waals surface area (Å²) in [6.07, 6.45) is 3.30. The molecule has 0 aliphatic rings. The van der Waals surface area contributed by atoms with E-state index in [1.807, 2.05) is 24.3 Å². The summed E-state index contributed by atoms with van der Waals surface area (Å²) in [6, 6.07) is 7.68. The summed E-state index contributed by atoms with van der Waals surface area (Å²) < 4.78 is 4.97. The van der Waals surface area contributed by atoms with Gasteiger partial charge in [0, 0.05) is 25.9 Å². The van der Waals surface area contributed by atoms with Gasteiger partial charge < -0.3 is 15.4 Å². The first-order valence-corrected chi connectivity index (χ1v) is 6.07. The van der Waals surface area contributed by atoms with Crippen molar-refractivity contribution in [1.82, 2.24) is 15.0 Å². The summed E-state index contributed by atoms with van der Waals surface area (Å²) >= 11 is 0. The minimum absolute atomic E-state index is 0.634. The van der Waals surface area contributed by atoms with E-state index in [1.54, 1.807) is 13.3 Å². The molecule has 0 aromatic carbocycles. The SMILES string of the molecule is COCCNc1cc(NCc2ccccn2)ncn1. The number of pyridine rings is 1. The molecule has 0 radical (unpaired) electrons. The maximum atomic E-state index is 4.97. The van der Waals surface area contributed by atoms with Crippen molar-refractivity contribution >= 4 is 11.6 Å². The van der Waals surface area contributed by atoms with Gasteiger partial charge in [0.25, 0.3) is 0 Å². The fourth-order valence-corrected chi connectivity index (χ4v) is 1.52. The molecule has 2 aromatic rings. The van der Waals surface area contributed by atoms with Gasteiger partial charge in [-0.1, -0.05) is 6.07 Å². The van der Waals surface area contributed by atoms with Crippen LogP contribution in [0.4, 0.5) is 11.6 Å². The largest absolute Gasteiger partial charge is 0.383 e. The molecule has 6 heteroatoms. The monoisotopic (exact) mass is 259 g/mol. The Bertz CT molecular complexity index is 491. The highest BCUT2D eigenvalue weighted by Crippen LogP contribution is 2.09. The number of rotatable bonds is 7. The molecule has 2 heterocycles. The standard InChI is InChI=1S/C13H17N5O/c1-19-7-6-15-12-8-13(18-10-17-12)16-9-11-4-2-3-5-14-11/h2-5,8,10H,6-7,9H2,1H3,(H2,15,16,17,18). The normalized spacial score (nSPS) is 10.2. The molecule has 19 heavy (non-hydrogen) atoms. The predicted octanol–water partition coefficient (Wildman–Crippen LogP) is 1.54. The fourth-order valence-electron chi connectivity index (χ4n) is 1.52. The highest BCUT2D eigenvalue weighted by atomic mass is 16.5. The first-order valence-electron chi connectivity index (χ1n) is 6.07. The van der Waals surface area contributed by atoms with Crippen molar-refractivity contribution < 1.29 is 4.74 Å². The summed E-state index contributed by atoms with van der Waals surface area (Å²) in [7, 11) is 1.67. The molecule has 6 nitrogen and oxygen atoms in total. The molecular formula is C13H17N5O. The average molecular weight is 259 g/mol. The zero-order valence-corrected chi connectivity index (χ0v) is 10.8. The van der Waals surface area contributed by atoms with Crippen LogP contribution in [0.15, 0.2) is 36.8 Å². The van der Waals surface area contributed by atoms with Gasteiger partial charge in [0.1, 0.15) is 18.0 Å². The Labute approximate surface area is 112 Å². The van der Waals surface area contributed by atoms with Crippen LogP contribution in [0.1, 0.15) is 5.69 Å². The predicted molar refractivity (Wildman–Crippen MR) is 74.0 cm³/mol. The topological polar surface area (TPSA) is 72.0 Å². The molecule has 0 spiro atoms. The number of hydrogen-bond acceptors (Lipinski definition) is 6. The Morgan fingerprint density at radius 1 is 1.11 bits per heavy atom. The maximum absolute atomic E-state index is 4.97. The van der Waals surface area contributed by atoms with E-state index in [-0.39, 0.29) is 0 Å². The Hall–Kier alpha value is -2.21. The first-order chi connectivity index (χ1) is 9.38. The van der Waals surface area contributed by atoms with Gasteiger partial charge in [-0.2, -0.15) is 0 Å². The van der Waals surface area contributed by atoms with Crippen molar-refractivity contribution in [3.8, 4) is 0 Å². The van der Waals surface area contributed by atoms with Crippen LogP contribution in [0.25, 0.3) is 0 Å². The Kier molecular flexibility index (Phi) is 5.06. The lowest BCUT2D eigenvalue weighted by molar-refractivity contribution is 0.210. The molecule has 0 aliphatic carbocycles. The molecule has 100 valence electrons. The van der Waals surface area contributed by atoms with E-state index >= 15 is 0 Å². The molecule has 2 N–H and O–H groups in total. The second kappa shape index (κ2) is 7.27. The maximum Gasteiger partial charge on any atom is 0.131 e. The van der Waals surface area contributed by atoms with Crippen molar-refractivity contribution in [2.45, 2.75) is 6.54 Å². The van der Waals surface area contributed by atoms with E-state index in [9.17, 15) is 0 Å². The van der Waals surface area contributed by atoms with E-state index in [4.69, 9.17) is 4.74 Å². The van der Waals surface area contributed by atoms with Crippen LogP contribution < -0.4 is 10.6 Å². The average Bonchev–Trinajstić information content (AvgIpc) is 2.47. The van der Waals surface area contributed by atoms with Gasteiger partial charge in [-0.05, 0) is 12.1 Å². The van der Waals surface area contributed by atoms with Gasteiger partial charge in [-0.25, -0.2) is 9.97 Å². The quantitative estimate of drug-likeness (QED) is 0.735. The molecule has 0 fully saturated rings. The Morgan fingerprint density at radius 2 is 1.95 bits per heavy atom. The minimum atomic E-state index is 0.634. The fraction of sp³-hybridized carbons (Fsp3) is 0.308. The van der Waals surface area contributed by atoms with Crippen molar-refractivity contribution in [3.05, 3.63) is 42.5 Å². The zero-order chi connectivity index (χ0) is 13.3. The lowest BCUT2D eigenvalue weighted by Gasteiger charge is -2.08. The Morgan fingerprint density at radius 3 is 2.68 bits per heavy atom. The molecule has 0 atom stereocenters. The number of hydrogen-bond donors (Lipinski definition) is 2. The highest BCUT2D eigenvalue weighted by molar-refractivity contribution is 5.46. The molecule has 0 bridgehead atoms. The van der Waals surface area contributed by atoms with Crippen LogP contribution >= 0.6 is 0 Å². The number of ether oxygens (including phenoxy) is 1. The van der Waals surface area contributed by atoms with Crippen LogP contribution in [0.5, 0.6) is 0 Å². The number of anilines is 2.